The van der Waals surface area contributed by atoms with Crippen LogP contribution in [-0.2, 0) is 0 Å². The van der Waals surface area contributed by atoms with Gasteiger partial charge in [-0.1, -0.05) is 6.92 Å². The number of hydrogen-bond donors (Lipinski definition) is 1. The Kier molecular flexibility index (Phi) is 4.04. The molecule has 2 rings (SSSR count). The molecule has 0 saturated heterocycles. The lowest BCUT2D eigenvalue weighted by Crippen LogP contribution is -2.14. The zero-order valence-electron chi connectivity index (χ0n) is 10.2. The summed E-state index contributed by atoms with van der Waals surface area (Å²) >= 11 is 1.51. The van der Waals surface area contributed by atoms with E-state index in [2.05, 4.69) is 17.2 Å². The quantitative estimate of drug-likeness (QED) is 0.919. The second kappa shape index (κ2) is 5.54. The molecular weight excluding hydrogens is 254 g/mol. The number of thiazole rings is 1. The predicted octanol–water partition coefficient (Wildman–Crippen LogP) is 3.41. The first-order valence-corrected chi connectivity index (χ1v) is 6.54. The lowest BCUT2D eigenvalue weighted by atomic mass is 10.1. The van der Waals surface area contributed by atoms with Crippen molar-refractivity contribution in [2.45, 2.75) is 12.8 Å². The van der Waals surface area contributed by atoms with Crippen LogP contribution >= 0.6 is 11.3 Å². The Morgan fingerprint density at radius 1 is 1.28 bits per heavy atom. The minimum absolute atomic E-state index is 0.284. The number of nitrogens with one attached hydrogen (secondary N) is 1. The summed E-state index contributed by atoms with van der Waals surface area (Å²) in [7, 11) is 1.88. The van der Waals surface area contributed by atoms with Crippen LogP contribution in [-0.4, -0.2) is 18.6 Å². The molecule has 2 aromatic rings. The summed E-state index contributed by atoms with van der Waals surface area (Å²) in [5, 5.41) is 5.87. The highest BCUT2D eigenvalue weighted by Crippen LogP contribution is 2.27. The highest BCUT2D eigenvalue weighted by atomic mass is 32.1. The van der Waals surface area contributed by atoms with Gasteiger partial charge in [0.2, 0.25) is 0 Å². The third-order valence-electron chi connectivity index (χ3n) is 2.61. The first-order chi connectivity index (χ1) is 8.60. The van der Waals surface area contributed by atoms with E-state index in [0.717, 1.165) is 17.6 Å². The van der Waals surface area contributed by atoms with Crippen LogP contribution < -0.4 is 5.32 Å². The number of nitrogens with zero attached hydrogens (tertiary/aromatic N) is 1. The fourth-order valence-corrected chi connectivity index (χ4v) is 2.63. The van der Waals surface area contributed by atoms with Gasteiger partial charge in [-0.25, -0.2) is 13.8 Å². The van der Waals surface area contributed by atoms with Gasteiger partial charge in [0.25, 0.3) is 0 Å². The molecule has 1 aromatic carbocycles. The molecule has 0 amide bonds. The first-order valence-electron chi connectivity index (χ1n) is 5.66. The van der Waals surface area contributed by atoms with Crippen LogP contribution in [0.4, 0.5) is 8.78 Å². The molecule has 0 aliphatic carbocycles. The van der Waals surface area contributed by atoms with Crippen LogP contribution in [0.3, 0.4) is 0 Å². The highest BCUT2D eigenvalue weighted by molar-refractivity contribution is 7.10. The van der Waals surface area contributed by atoms with E-state index in [9.17, 15) is 8.78 Å². The molecule has 1 atom stereocenters. The molecule has 2 nitrogen and oxygen atoms in total. The maximum atomic E-state index is 13.1. The molecule has 18 heavy (non-hydrogen) atoms. The molecule has 96 valence electrons. The third kappa shape index (κ3) is 2.91. The molecule has 0 radical (unpaired) electrons. The van der Waals surface area contributed by atoms with Gasteiger partial charge in [-0.05, 0) is 19.2 Å². The number of halogens is 2. The van der Waals surface area contributed by atoms with E-state index in [1.165, 1.54) is 23.5 Å². The molecule has 0 saturated carbocycles. The van der Waals surface area contributed by atoms with Crippen LogP contribution in [0.5, 0.6) is 0 Å². The smallest absolute Gasteiger partial charge is 0.126 e. The fourth-order valence-electron chi connectivity index (χ4n) is 1.74. The Bertz CT molecular complexity index is 519. The average molecular weight is 268 g/mol. The summed E-state index contributed by atoms with van der Waals surface area (Å²) in [5.74, 6) is -0.877. The lowest BCUT2D eigenvalue weighted by molar-refractivity contribution is 0.584. The van der Waals surface area contributed by atoms with Crippen LogP contribution in [0, 0.1) is 11.6 Å². The van der Waals surface area contributed by atoms with Crippen LogP contribution in [0.25, 0.3) is 11.3 Å². The summed E-state index contributed by atoms with van der Waals surface area (Å²) in [6.07, 6.45) is 0. The van der Waals surface area contributed by atoms with Gasteiger partial charge in [0, 0.05) is 29.5 Å². The number of rotatable bonds is 4. The molecule has 1 aromatic heterocycles. The molecule has 1 N–H and O–H groups in total. The van der Waals surface area contributed by atoms with E-state index in [-0.39, 0.29) is 5.92 Å². The number of aromatic nitrogens is 1. The lowest BCUT2D eigenvalue weighted by Gasteiger charge is -2.05. The van der Waals surface area contributed by atoms with Crippen molar-refractivity contribution in [1.82, 2.24) is 10.3 Å². The van der Waals surface area contributed by atoms with Crippen molar-refractivity contribution in [2.75, 3.05) is 13.6 Å². The number of benzene rings is 1. The van der Waals surface area contributed by atoms with Crippen molar-refractivity contribution in [3.05, 3.63) is 40.2 Å². The Balaban J connectivity index is 2.29. The van der Waals surface area contributed by atoms with Crippen LogP contribution in [0.1, 0.15) is 17.8 Å². The standard InChI is InChI=1S/C13H14F2N2S/c1-8(6-16-2)13-17-12(7-18-13)9-3-10(14)5-11(15)4-9/h3-5,7-8,16H,6H2,1-2H3. The highest BCUT2D eigenvalue weighted by Gasteiger charge is 2.12. The maximum absolute atomic E-state index is 13.1. The van der Waals surface area contributed by atoms with Gasteiger partial charge in [0.15, 0.2) is 0 Å². The SMILES string of the molecule is CNCC(C)c1nc(-c2cc(F)cc(F)c2)cs1. The molecule has 0 aliphatic rings. The van der Waals surface area contributed by atoms with E-state index in [1.54, 1.807) is 0 Å². The summed E-state index contributed by atoms with van der Waals surface area (Å²) in [4.78, 5) is 4.43. The second-order valence-electron chi connectivity index (χ2n) is 4.19. The summed E-state index contributed by atoms with van der Waals surface area (Å²) < 4.78 is 26.3. The third-order valence-corrected chi connectivity index (χ3v) is 3.69. The van der Waals surface area contributed by atoms with E-state index in [1.807, 2.05) is 12.4 Å². The predicted molar refractivity (Wildman–Crippen MR) is 69.8 cm³/mol. The molecule has 1 heterocycles. The van der Waals surface area contributed by atoms with E-state index >= 15 is 0 Å². The Labute approximate surface area is 109 Å². The van der Waals surface area contributed by atoms with Gasteiger partial charge in [0.1, 0.15) is 11.6 Å². The van der Waals surface area contributed by atoms with Gasteiger partial charge < -0.3 is 5.32 Å². The average Bonchev–Trinajstić information content (AvgIpc) is 2.77. The molecule has 1 unspecified atom stereocenters. The van der Waals surface area contributed by atoms with E-state index in [4.69, 9.17) is 0 Å². The minimum Gasteiger partial charge on any atom is -0.319 e. The van der Waals surface area contributed by atoms with Gasteiger partial charge in [-0.2, -0.15) is 0 Å². The van der Waals surface area contributed by atoms with Gasteiger partial charge in [-0.15, -0.1) is 11.3 Å². The molecular formula is C13H14F2N2S. The Morgan fingerprint density at radius 2 is 1.94 bits per heavy atom. The monoisotopic (exact) mass is 268 g/mol. The molecule has 0 aliphatic heterocycles. The molecule has 0 spiro atoms. The van der Waals surface area contributed by atoms with Crippen molar-refractivity contribution in [2.24, 2.45) is 0 Å². The van der Waals surface area contributed by atoms with Gasteiger partial charge in [0.05, 0.1) is 10.7 Å². The number of hydrogen-bond acceptors (Lipinski definition) is 3. The van der Waals surface area contributed by atoms with E-state index < -0.39 is 11.6 Å². The second-order valence-corrected chi connectivity index (χ2v) is 5.08. The normalized spacial score (nSPS) is 12.7. The van der Waals surface area contributed by atoms with Crippen molar-refractivity contribution in [3.8, 4) is 11.3 Å². The summed E-state index contributed by atoms with van der Waals surface area (Å²) in [5.41, 5.74) is 1.10. The van der Waals surface area contributed by atoms with Crippen LogP contribution in [0.15, 0.2) is 23.6 Å². The largest absolute Gasteiger partial charge is 0.319 e. The maximum Gasteiger partial charge on any atom is 0.126 e. The van der Waals surface area contributed by atoms with Crippen molar-refractivity contribution in [1.29, 1.82) is 0 Å². The van der Waals surface area contributed by atoms with Gasteiger partial charge in [-0.3, -0.25) is 0 Å². The summed E-state index contributed by atoms with van der Waals surface area (Å²) in [6.45, 7) is 2.88. The van der Waals surface area contributed by atoms with Gasteiger partial charge >= 0.3 is 0 Å². The molecule has 5 heteroatoms. The Morgan fingerprint density at radius 3 is 2.56 bits per heavy atom. The molecule has 0 fully saturated rings. The Hall–Kier alpha value is -1.33. The summed E-state index contributed by atoms with van der Waals surface area (Å²) in [6, 6.07) is 3.45. The number of likely N-dealkylation sites (N-methyl/N-ethyl adjacent to an activating group) is 1. The van der Waals surface area contributed by atoms with Crippen molar-refractivity contribution in [3.63, 3.8) is 0 Å². The first kappa shape index (κ1) is 13.1. The topological polar surface area (TPSA) is 24.9 Å². The minimum atomic E-state index is -0.581. The van der Waals surface area contributed by atoms with Crippen molar-refractivity contribution >= 4 is 11.3 Å². The zero-order chi connectivity index (χ0) is 13.1. The fraction of sp³-hybridized carbons (Fsp3) is 0.308. The van der Waals surface area contributed by atoms with Crippen molar-refractivity contribution < 1.29 is 8.78 Å². The van der Waals surface area contributed by atoms with Crippen LogP contribution in [0.2, 0.25) is 0 Å². The zero-order valence-corrected chi connectivity index (χ0v) is 11.0. The van der Waals surface area contributed by atoms with E-state index in [0.29, 0.717) is 11.3 Å². The molecule has 0 bridgehead atoms.